The summed E-state index contributed by atoms with van der Waals surface area (Å²) in [5.41, 5.74) is 0. The molecule has 0 unspecified atom stereocenters. The Morgan fingerprint density at radius 1 is 0.556 bits per heavy atom. The van der Waals surface area contributed by atoms with Gasteiger partial charge in [0.25, 0.3) is 0 Å². The molecule has 0 amide bonds. The van der Waals surface area contributed by atoms with Gasteiger partial charge in [-0.1, -0.05) is 85.0 Å². The summed E-state index contributed by atoms with van der Waals surface area (Å²) in [6.07, 6.45) is 14.3. The van der Waals surface area contributed by atoms with Crippen molar-refractivity contribution in [3.8, 4) is 0 Å². The van der Waals surface area contributed by atoms with Crippen LogP contribution in [0.15, 0.2) is 0 Å². The SMILES string of the molecule is CCCCCCCC[Si](Br)(CCCC)CCCC. The molecule has 0 aromatic heterocycles. The third kappa shape index (κ3) is 10.6. The third-order valence-corrected chi connectivity index (χ3v) is 11.3. The molecule has 0 aliphatic carbocycles. The molecule has 0 atom stereocenters. The monoisotopic (exact) mass is 334 g/mol. The molecule has 0 aliphatic heterocycles. The summed E-state index contributed by atoms with van der Waals surface area (Å²) < 4.78 is 0. The largest absolute Gasteiger partial charge is 0.130 e. The van der Waals surface area contributed by atoms with Crippen molar-refractivity contribution in [2.24, 2.45) is 0 Å². The Kier molecular flexibility index (Phi) is 13.2. The number of halogens is 1. The first-order valence-corrected chi connectivity index (χ1v) is 13.2. The molecular weight excluding hydrogens is 300 g/mol. The van der Waals surface area contributed by atoms with E-state index in [1.807, 2.05) is 0 Å². The first kappa shape index (κ1) is 18.7. The van der Waals surface area contributed by atoms with Crippen LogP contribution in [0.3, 0.4) is 0 Å². The minimum Gasteiger partial charge on any atom is -0.126 e. The van der Waals surface area contributed by atoms with E-state index in [2.05, 4.69) is 36.1 Å². The van der Waals surface area contributed by atoms with Crippen LogP contribution in [0.2, 0.25) is 18.1 Å². The van der Waals surface area contributed by atoms with Gasteiger partial charge in [0, 0.05) is 0 Å². The second kappa shape index (κ2) is 12.7. The van der Waals surface area contributed by atoms with Crippen LogP contribution in [0.1, 0.15) is 85.0 Å². The minimum absolute atomic E-state index is 1.05. The van der Waals surface area contributed by atoms with Crippen molar-refractivity contribution in [2.45, 2.75) is 103 Å². The maximum atomic E-state index is 4.21. The molecule has 0 fully saturated rings. The van der Waals surface area contributed by atoms with Crippen molar-refractivity contribution < 1.29 is 0 Å². The highest BCUT2D eigenvalue weighted by atomic mass is 79.9. The Hall–Kier alpha value is 0.697. The minimum atomic E-state index is -1.05. The molecule has 2 heteroatoms. The quantitative estimate of drug-likeness (QED) is 0.188. The van der Waals surface area contributed by atoms with Crippen molar-refractivity contribution >= 4 is 22.0 Å². The lowest BCUT2D eigenvalue weighted by atomic mass is 10.1. The van der Waals surface area contributed by atoms with Gasteiger partial charge in [-0.3, -0.25) is 0 Å². The van der Waals surface area contributed by atoms with Gasteiger partial charge < -0.3 is 0 Å². The molecule has 0 N–H and O–H groups in total. The van der Waals surface area contributed by atoms with E-state index in [-0.39, 0.29) is 0 Å². The van der Waals surface area contributed by atoms with E-state index in [1.54, 1.807) is 0 Å². The van der Waals surface area contributed by atoms with Crippen molar-refractivity contribution in [2.75, 3.05) is 0 Å². The van der Waals surface area contributed by atoms with Crippen LogP contribution in [0, 0.1) is 0 Å². The fourth-order valence-electron chi connectivity index (χ4n) is 2.58. The van der Waals surface area contributed by atoms with Crippen LogP contribution < -0.4 is 0 Å². The summed E-state index contributed by atoms with van der Waals surface area (Å²) in [5.74, 6) is 0. The van der Waals surface area contributed by atoms with Gasteiger partial charge in [0.05, 0.1) is 0 Å². The predicted octanol–water partition coefficient (Wildman–Crippen LogP) is 7.29. The Balaban J connectivity index is 3.77. The number of hydrogen-bond donors (Lipinski definition) is 0. The first-order valence-electron chi connectivity index (χ1n) is 8.37. The van der Waals surface area contributed by atoms with Gasteiger partial charge in [-0.2, -0.15) is 0 Å². The van der Waals surface area contributed by atoms with Gasteiger partial charge in [0.15, 0.2) is 0 Å². The summed E-state index contributed by atoms with van der Waals surface area (Å²) in [6.45, 7) is 5.90. The van der Waals surface area contributed by atoms with Crippen LogP contribution >= 0.6 is 15.3 Å². The van der Waals surface area contributed by atoms with Crippen LogP contribution in [0.25, 0.3) is 0 Å². The third-order valence-electron chi connectivity index (χ3n) is 3.94. The molecule has 0 spiro atoms. The van der Waals surface area contributed by atoms with Gasteiger partial charge in [0.1, 0.15) is 6.69 Å². The number of rotatable bonds is 13. The van der Waals surface area contributed by atoms with E-state index in [0.717, 1.165) is 0 Å². The average Bonchev–Trinajstić information content (AvgIpc) is 2.38. The summed E-state index contributed by atoms with van der Waals surface area (Å²) in [7, 11) is 0. The molecule has 0 aromatic rings. The van der Waals surface area contributed by atoms with Crippen LogP contribution in [-0.4, -0.2) is 6.69 Å². The van der Waals surface area contributed by atoms with Crippen LogP contribution in [0.5, 0.6) is 0 Å². The summed E-state index contributed by atoms with van der Waals surface area (Å²) >= 11 is 4.21. The molecule has 0 aromatic carbocycles. The molecule has 0 heterocycles. The smallest absolute Gasteiger partial charge is 0.126 e. The summed E-state index contributed by atoms with van der Waals surface area (Å²) in [6, 6.07) is 4.55. The summed E-state index contributed by atoms with van der Waals surface area (Å²) in [5, 5.41) is 0. The Morgan fingerprint density at radius 2 is 0.944 bits per heavy atom. The zero-order valence-corrected chi connectivity index (χ0v) is 15.7. The van der Waals surface area contributed by atoms with Gasteiger partial charge in [0.2, 0.25) is 0 Å². The molecule has 0 bridgehead atoms. The molecule has 0 aliphatic rings. The van der Waals surface area contributed by atoms with Gasteiger partial charge in [-0.15, -0.1) is 15.3 Å². The Bertz CT molecular complexity index is 162. The number of unbranched alkanes of at least 4 members (excludes halogenated alkanes) is 7. The van der Waals surface area contributed by atoms with Gasteiger partial charge in [-0.25, -0.2) is 0 Å². The first-order chi connectivity index (χ1) is 8.68. The zero-order chi connectivity index (χ0) is 13.7. The highest BCUT2D eigenvalue weighted by Gasteiger charge is 2.27. The normalized spacial score (nSPS) is 12.0. The Morgan fingerprint density at radius 3 is 1.44 bits per heavy atom. The molecule has 18 heavy (non-hydrogen) atoms. The zero-order valence-electron chi connectivity index (χ0n) is 13.1. The number of hydrogen-bond acceptors (Lipinski definition) is 0. The topological polar surface area (TPSA) is 0 Å². The maximum Gasteiger partial charge on any atom is 0.130 e. The lowest BCUT2D eigenvalue weighted by molar-refractivity contribution is 0.621. The molecule has 0 rings (SSSR count). The second-order valence-electron chi connectivity index (χ2n) is 5.88. The second-order valence-corrected chi connectivity index (χ2v) is 14.7. The molecule has 110 valence electrons. The fraction of sp³-hybridized carbons (Fsp3) is 1.00. The molecular formula is C16H35BrSi. The van der Waals surface area contributed by atoms with Crippen molar-refractivity contribution in [3.05, 3.63) is 0 Å². The fourth-order valence-corrected chi connectivity index (χ4v) is 8.72. The van der Waals surface area contributed by atoms with Crippen molar-refractivity contribution in [3.63, 3.8) is 0 Å². The standard InChI is InChI=1S/C16H35BrSi/c1-4-7-10-11-12-13-16-18(17,14-8-5-2)15-9-6-3/h4-16H2,1-3H3. The molecule has 0 saturated carbocycles. The van der Waals surface area contributed by atoms with Crippen molar-refractivity contribution in [1.82, 2.24) is 0 Å². The van der Waals surface area contributed by atoms with Crippen LogP contribution in [0.4, 0.5) is 0 Å². The van der Waals surface area contributed by atoms with E-state index in [4.69, 9.17) is 0 Å². The van der Waals surface area contributed by atoms with E-state index in [9.17, 15) is 0 Å². The highest BCUT2D eigenvalue weighted by Crippen LogP contribution is 2.33. The van der Waals surface area contributed by atoms with Gasteiger partial charge >= 0.3 is 0 Å². The van der Waals surface area contributed by atoms with E-state index >= 15 is 0 Å². The maximum absolute atomic E-state index is 4.21. The molecule has 0 saturated heterocycles. The molecule has 0 radical (unpaired) electrons. The highest BCUT2D eigenvalue weighted by molar-refractivity contribution is 9.26. The van der Waals surface area contributed by atoms with Crippen LogP contribution in [-0.2, 0) is 0 Å². The molecule has 0 nitrogen and oxygen atoms in total. The Labute approximate surface area is 125 Å². The lowest BCUT2D eigenvalue weighted by Gasteiger charge is -2.25. The van der Waals surface area contributed by atoms with Crippen molar-refractivity contribution in [1.29, 1.82) is 0 Å². The average molecular weight is 335 g/mol. The lowest BCUT2D eigenvalue weighted by Crippen LogP contribution is -2.25. The van der Waals surface area contributed by atoms with E-state index in [1.165, 1.54) is 82.3 Å². The summed E-state index contributed by atoms with van der Waals surface area (Å²) in [4.78, 5) is 0. The van der Waals surface area contributed by atoms with Gasteiger partial charge in [-0.05, 0) is 18.1 Å². The predicted molar refractivity (Wildman–Crippen MR) is 92.3 cm³/mol. The van der Waals surface area contributed by atoms with E-state index < -0.39 is 6.69 Å². The van der Waals surface area contributed by atoms with E-state index in [0.29, 0.717) is 0 Å².